The van der Waals surface area contributed by atoms with Crippen LogP contribution in [0.5, 0.6) is 11.5 Å². The Morgan fingerprint density at radius 1 is 0.826 bits per heavy atom. The first-order valence-corrected chi connectivity index (χ1v) is 10.8. The molecule has 0 aliphatic rings. The normalized spacial score (nSPS) is 13.5. The van der Waals surface area contributed by atoms with E-state index in [1.165, 1.54) is 0 Å². The first kappa shape index (κ1) is 19.8. The Bertz CT molecular complexity index is 622. The van der Waals surface area contributed by atoms with Crippen molar-refractivity contribution in [2.45, 2.75) is 32.5 Å². The summed E-state index contributed by atoms with van der Waals surface area (Å²) in [5.74, 6) is 1.80. The van der Waals surface area contributed by atoms with E-state index in [0.29, 0.717) is 0 Å². The molecule has 23 heavy (non-hydrogen) atoms. The Balaban J connectivity index is 1.96. The molecule has 2 atom stereocenters. The van der Waals surface area contributed by atoms with Gasteiger partial charge in [0.15, 0.2) is 0 Å². The Morgan fingerprint density at radius 3 is 1.61 bits per heavy atom. The number of rotatable bonds is 6. The second-order valence-corrected chi connectivity index (χ2v) is 9.06. The van der Waals surface area contributed by atoms with Gasteiger partial charge in [0.25, 0.3) is 0 Å². The van der Waals surface area contributed by atoms with Gasteiger partial charge in [0.05, 0.1) is 19.3 Å². The Labute approximate surface area is 181 Å². The van der Waals surface area contributed by atoms with Gasteiger partial charge in [-0.15, -0.1) is 0 Å². The van der Waals surface area contributed by atoms with E-state index in [4.69, 9.17) is 9.47 Å². The number of benzene rings is 2. The van der Waals surface area contributed by atoms with Crippen molar-refractivity contribution < 1.29 is 9.47 Å². The molecule has 0 aliphatic heterocycles. The molecule has 2 aromatic rings. The van der Waals surface area contributed by atoms with E-state index < -0.39 is 0 Å². The zero-order valence-corrected chi connectivity index (χ0v) is 20.1. The average molecular weight is 666 g/mol. The zero-order chi connectivity index (χ0) is 17.0. The highest BCUT2D eigenvalue weighted by atomic mass is 127. The number of hydrogen-bond acceptors (Lipinski definition) is 2. The topological polar surface area (TPSA) is 18.5 Å². The molecule has 0 saturated heterocycles. The van der Waals surface area contributed by atoms with Crippen LogP contribution in [0.4, 0.5) is 0 Å². The van der Waals surface area contributed by atoms with Crippen LogP contribution in [0.2, 0.25) is 0 Å². The quantitative estimate of drug-likeness (QED) is 0.308. The summed E-state index contributed by atoms with van der Waals surface area (Å²) in [6.07, 6.45) is 0.945. The summed E-state index contributed by atoms with van der Waals surface area (Å²) in [7, 11) is 0. The van der Waals surface area contributed by atoms with Crippen LogP contribution in [0, 0.1) is 7.14 Å². The van der Waals surface area contributed by atoms with Crippen LogP contribution in [0.25, 0.3) is 0 Å². The maximum Gasteiger partial charge on any atom is 0.134 e. The summed E-state index contributed by atoms with van der Waals surface area (Å²) in [5, 5.41) is 0. The molecule has 0 heterocycles. The van der Waals surface area contributed by atoms with Gasteiger partial charge in [-0.2, -0.15) is 0 Å². The van der Waals surface area contributed by atoms with Crippen LogP contribution < -0.4 is 9.47 Å². The van der Waals surface area contributed by atoms with Gasteiger partial charge < -0.3 is 9.47 Å². The summed E-state index contributed by atoms with van der Waals surface area (Å²) >= 11 is 11.6. The van der Waals surface area contributed by atoms with Gasteiger partial charge >= 0.3 is 0 Å². The summed E-state index contributed by atoms with van der Waals surface area (Å²) in [6, 6.07) is 12.0. The van der Waals surface area contributed by atoms with E-state index in [1.807, 2.05) is 36.4 Å². The van der Waals surface area contributed by atoms with E-state index in [9.17, 15) is 0 Å². The molecule has 2 rings (SSSR count). The molecule has 0 radical (unpaired) electrons. The molecule has 0 aromatic heterocycles. The lowest BCUT2D eigenvalue weighted by atomic mass is 10.2. The third-order valence-corrected chi connectivity index (χ3v) is 8.18. The minimum atomic E-state index is 0.0673. The van der Waals surface area contributed by atoms with E-state index in [1.54, 1.807) is 0 Å². The fourth-order valence-electron chi connectivity index (χ4n) is 2.15. The van der Waals surface area contributed by atoms with Crippen LogP contribution in [0.1, 0.15) is 20.3 Å². The van der Waals surface area contributed by atoms with E-state index >= 15 is 0 Å². The monoisotopic (exact) mass is 664 g/mol. The Morgan fingerprint density at radius 2 is 1.22 bits per heavy atom. The molecule has 0 bridgehead atoms. The smallest absolute Gasteiger partial charge is 0.134 e. The minimum absolute atomic E-state index is 0.0673. The fourth-order valence-corrected chi connectivity index (χ4v) is 3.82. The van der Waals surface area contributed by atoms with Crippen LogP contribution >= 0.6 is 77.0 Å². The zero-order valence-electron chi connectivity index (χ0n) is 12.7. The molecule has 0 amide bonds. The maximum atomic E-state index is 6.06. The highest BCUT2D eigenvalue weighted by Crippen LogP contribution is 2.31. The highest BCUT2D eigenvalue weighted by Gasteiger charge is 2.15. The largest absolute Gasteiger partial charge is 0.489 e. The van der Waals surface area contributed by atoms with Crippen molar-refractivity contribution in [2.75, 3.05) is 0 Å². The van der Waals surface area contributed by atoms with Crippen molar-refractivity contribution in [3.63, 3.8) is 0 Å². The summed E-state index contributed by atoms with van der Waals surface area (Å²) in [5.41, 5.74) is 0. The third kappa shape index (κ3) is 5.74. The SMILES string of the molecule is C[C@H](C[C@@H](C)Oc1cccc(Br)c1I)Oc1cccc(Br)c1I. The van der Waals surface area contributed by atoms with E-state index in [-0.39, 0.29) is 12.2 Å². The molecule has 0 saturated carbocycles. The number of ether oxygens (including phenoxy) is 2. The van der Waals surface area contributed by atoms with Gasteiger partial charge in [0.1, 0.15) is 11.5 Å². The standard InChI is InChI=1S/C17H16Br2I2O2/c1-10(22-14-7-3-5-12(18)16(14)20)9-11(2)23-15-8-4-6-13(19)17(15)21/h3-8,10-11H,9H2,1-2H3/t10-,11-/m1/s1. The van der Waals surface area contributed by atoms with Gasteiger partial charge in [-0.1, -0.05) is 12.1 Å². The van der Waals surface area contributed by atoms with Crippen LogP contribution in [-0.2, 0) is 0 Å². The lowest BCUT2D eigenvalue weighted by molar-refractivity contribution is 0.129. The van der Waals surface area contributed by atoms with Gasteiger partial charge in [-0.3, -0.25) is 0 Å². The van der Waals surface area contributed by atoms with Gasteiger partial charge in [-0.25, -0.2) is 0 Å². The summed E-state index contributed by atoms with van der Waals surface area (Å²) in [6.45, 7) is 4.14. The molecule has 6 heteroatoms. The van der Waals surface area contributed by atoms with Crippen LogP contribution in [-0.4, -0.2) is 12.2 Å². The molecular weight excluding hydrogens is 650 g/mol. The summed E-state index contributed by atoms with van der Waals surface area (Å²) in [4.78, 5) is 0. The van der Waals surface area contributed by atoms with Crippen molar-refractivity contribution in [3.8, 4) is 11.5 Å². The van der Waals surface area contributed by atoms with E-state index in [0.717, 1.165) is 34.0 Å². The highest BCUT2D eigenvalue weighted by molar-refractivity contribution is 14.1. The minimum Gasteiger partial charge on any atom is -0.489 e. The number of hydrogen-bond donors (Lipinski definition) is 0. The molecule has 2 nitrogen and oxygen atoms in total. The van der Waals surface area contributed by atoms with Crippen LogP contribution in [0.3, 0.4) is 0 Å². The lowest BCUT2D eigenvalue weighted by Gasteiger charge is -2.21. The molecule has 0 unspecified atom stereocenters. The molecule has 0 spiro atoms. The van der Waals surface area contributed by atoms with Crippen molar-refractivity contribution in [1.29, 1.82) is 0 Å². The van der Waals surface area contributed by atoms with E-state index in [2.05, 4.69) is 90.9 Å². The molecule has 0 fully saturated rings. The average Bonchev–Trinajstić information content (AvgIpc) is 2.48. The second kappa shape index (κ2) is 9.24. The number of halogens is 4. The predicted octanol–water partition coefficient (Wildman–Crippen LogP) is 7.05. The lowest BCUT2D eigenvalue weighted by Crippen LogP contribution is -2.23. The van der Waals surface area contributed by atoms with Crippen molar-refractivity contribution in [1.82, 2.24) is 0 Å². The maximum absolute atomic E-state index is 6.06. The van der Waals surface area contributed by atoms with Gasteiger partial charge in [-0.05, 0) is 115 Å². The molecule has 124 valence electrons. The van der Waals surface area contributed by atoms with Gasteiger partial charge in [0, 0.05) is 15.4 Å². The van der Waals surface area contributed by atoms with Gasteiger partial charge in [0.2, 0.25) is 0 Å². The summed E-state index contributed by atoms with van der Waals surface area (Å²) < 4.78 is 16.4. The molecular formula is C17H16Br2I2O2. The van der Waals surface area contributed by atoms with Crippen molar-refractivity contribution in [2.24, 2.45) is 0 Å². The predicted molar refractivity (Wildman–Crippen MR) is 119 cm³/mol. The Kier molecular flexibility index (Phi) is 7.95. The van der Waals surface area contributed by atoms with Crippen molar-refractivity contribution >= 4 is 77.0 Å². The third-order valence-electron chi connectivity index (χ3n) is 3.15. The second-order valence-electron chi connectivity index (χ2n) is 5.20. The fraction of sp³-hybridized carbons (Fsp3) is 0.294. The first-order chi connectivity index (χ1) is 10.9. The molecule has 0 N–H and O–H groups in total. The molecule has 2 aromatic carbocycles. The van der Waals surface area contributed by atoms with Crippen LogP contribution in [0.15, 0.2) is 45.3 Å². The Hall–Kier alpha value is 0.460. The van der Waals surface area contributed by atoms with Crippen molar-refractivity contribution in [3.05, 3.63) is 52.5 Å². The first-order valence-electron chi connectivity index (χ1n) is 7.09. The molecule has 0 aliphatic carbocycles.